The molecular weight excluding hydrogens is 124 g/mol. The quantitative estimate of drug-likeness (QED) is 0.421. The van der Waals surface area contributed by atoms with Gasteiger partial charge in [-0.1, -0.05) is 12.2 Å². The summed E-state index contributed by atoms with van der Waals surface area (Å²) in [6.45, 7) is 5.68. The highest BCUT2D eigenvalue weighted by Gasteiger charge is 2.09. The Hall–Kier alpha value is -0.720. The SMILES string of the molecule is C=COC1C=C(C)CCC1. The fourth-order valence-electron chi connectivity index (χ4n) is 1.30. The summed E-state index contributed by atoms with van der Waals surface area (Å²) in [4.78, 5) is 0. The Morgan fingerprint density at radius 1 is 1.80 bits per heavy atom. The average molecular weight is 138 g/mol. The van der Waals surface area contributed by atoms with E-state index in [1.54, 1.807) is 0 Å². The second-order valence-electron chi connectivity index (χ2n) is 2.75. The molecule has 1 unspecified atom stereocenters. The van der Waals surface area contributed by atoms with Crippen LogP contribution in [0.15, 0.2) is 24.5 Å². The first-order valence-electron chi connectivity index (χ1n) is 3.76. The van der Waals surface area contributed by atoms with E-state index in [0.717, 1.165) is 6.42 Å². The monoisotopic (exact) mass is 138 g/mol. The zero-order valence-electron chi connectivity index (χ0n) is 6.47. The van der Waals surface area contributed by atoms with Crippen molar-refractivity contribution in [3.63, 3.8) is 0 Å². The van der Waals surface area contributed by atoms with Crippen LogP contribution >= 0.6 is 0 Å². The highest BCUT2D eigenvalue weighted by Crippen LogP contribution is 2.19. The molecule has 1 heteroatoms. The van der Waals surface area contributed by atoms with Crippen LogP contribution in [0.2, 0.25) is 0 Å². The summed E-state index contributed by atoms with van der Waals surface area (Å²) in [6.07, 6.45) is 7.64. The number of hydrogen-bond acceptors (Lipinski definition) is 1. The molecule has 10 heavy (non-hydrogen) atoms. The van der Waals surface area contributed by atoms with Crippen LogP contribution in [0.25, 0.3) is 0 Å². The second-order valence-corrected chi connectivity index (χ2v) is 2.75. The fraction of sp³-hybridized carbons (Fsp3) is 0.556. The number of hydrogen-bond donors (Lipinski definition) is 0. The van der Waals surface area contributed by atoms with E-state index in [-0.39, 0.29) is 0 Å². The molecule has 0 bridgehead atoms. The van der Waals surface area contributed by atoms with Gasteiger partial charge in [-0.15, -0.1) is 0 Å². The first-order chi connectivity index (χ1) is 4.83. The minimum absolute atomic E-state index is 0.297. The van der Waals surface area contributed by atoms with Gasteiger partial charge in [-0.2, -0.15) is 0 Å². The Morgan fingerprint density at radius 2 is 2.60 bits per heavy atom. The average Bonchev–Trinajstić information content (AvgIpc) is 1.88. The molecule has 56 valence electrons. The number of rotatable bonds is 2. The van der Waals surface area contributed by atoms with Gasteiger partial charge in [0.2, 0.25) is 0 Å². The molecule has 0 aliphatic heterocycles. The summed E-state index contributed by atoms with van der Waals surface area (Å²) in [5.41, 5.74) is 1.44. The molecule has 0 N–H and O–H groups in total. The van der Waals surface area contributed by atoms with Crippen LogP contribution < -0.4 is 0 Å². The lowest BCUT2D eigenvalue weighted by atomic mass is 9.99. The van der Waals surface area contributed by atoms with E-state index >= 15 is 0 Å². The summed E-state index contributed by atoms with van der Waals surface area (Å²) in [7, 11) is 0. The van der Waals surface area contributed by atoms with Crippen LogP contribution in [0.3, 0.4) is 0 Å². The van der Waals surface area contributed by atoms with Gasteiger partial charge in [-0.05, 0) is 32.3 Å². The maximum atomic E-state index is 5.24. The third-order valence-electron chi connectivity index (χ3n) is 1.80. The van der Waals surface area contributed by atoms with Crippen molar-refractivity contribution >= 4 is 0 Å². The molecule has 0 saturated heterocycles. The highest BCUT2D eigenvalue weighted by molar-refractivity contribution is 5.06. The van der Waals surface area contributed by atoms with Crippen molar-refractivity contribution < 1.29 is 4.74 Å². The Kier molecular flexibility index (Phi) is 2.55. The van der Waals surface area contributed by atoms with Crippen LogP contribution in [-0.4, -0.2) is 6.10 Å². The molecule has 0 spiro atoms. The van der Waals surface area contributed by atoms with Gasteiger partial charge in [0.15, 0.2) is 0 Å². The number of ether oxygens (including phenoxy) is 1. The van der Waals surface area contributed by atoms with Crippen molar-refractivity contribution in [3.8, 4) is 0 Å². The molecule has 0 aromatic carbocycles. The van der Waals surface area contributed by atoms with Gasteiger partial charge in [0.1, 0.15) is 6.10 Å². The third kappa shape index (κ3) is 1.90. The van der Waals surface area contributed by atoms with Crippen molar-refractivity contribution in [2.24, 2.45) is 0 Å². The third-order valence-corrected chi connectivity index (χ3v) is 1.80. The lowest BCUT2D eigenvalue weighted by molar-refractivity contribution is 0.170. The molecule has 0 radical (unpaired) electrons. The van der Waals surface area contributed by atoms with Crippen molar-refractivity contribution in [2.75, 3.05) is 0 Å². The predicted molar refractivity (Wildman–Crippen MR) is 42.7 cm³/mol. The molecule has 1 nitrogen and oxygen atoms in total. The summed E-state index contributed by atoms with van der Waals surface area (Å²) in [5, 5.41) is 0. The van der Waals surface area contributed by atoms with Gasteiger partial charge < -0.3 is 4.74 Å². The van der Waals surface area contributed by atoms with Gasteiger partial charge in [0.05, 0.1) is 6.26 Å². The van der Waals surface area contributed by atoms with Gasteiger partial charge in [-0.3, -0.25) is 0 Å². The van der Waals surface area contributed by atoms with E-state index in [1.807, 2.05) is 0 Å². The molecule has 0 aromatic heterocycles. The largest absolute Gasteiger partial charge is 0.495 e. The summed E-state index contributed by atoms with van der Waals surface area (Å²) in [5.74, 6) is 0. The Morgan fingerprint density at radius 3 is 3.20 bits per heavy atom. The van der Waals surface area contributed by atoms with Gasteiger partial charge in [0, 0.05) is 0 Å². The zero-order chi connectivity index (χ0) is 7.40. The van der Waals surface area contributed by atoms with Gasteiger partial charge >= 0.3 is 0 Å². The van der Waals surface area contributed by atoms with Crippen molar-refractivity contribution in [3.05, 3.63) is 24.5 Å². The molecule has 0 heterocycles. The summed E-state index contributed by atoms with van der Waals surface area (Å²) >= 11 is 0. The van der Waals surface area contributed by atoms with Crippen molar-refractivity contribution in [1.82, 2.24) is 0 Å². The Bertz CT molecular complexity index is 147. The van der Waals surface area contributed by atoms with E-state index < -0.39 is 0 Å². The Labute approximate surface area is 62.4 Å². The molecule has 0 fully saturated rings. The first kappa shape index (κ1) is 7.39. The van der Waals surface area contributed by atoms with Crippen LogP contribution in [0.4, 0.5) is 0 Å². The van der Waals surface area contributed by atoms with Crippen LogP contribution in [0, 0.1) is 0 Å². The normalized spacial score (nSPS) is 25.3. The highest BCUT2D eigenvalue weighted by atomic mass is 16.5. The lowest BCUT2D eigenvalue weighted by Crippen LogP contribution is -2.10. The molecule has 0 amide bonds. The Balaban J connectivity index is 2.45. The van der Waals surface area contributed by atoms with Crippen LogP contribution in [0.1, 0.15) is 26.2 Å². The van der Waals surface area contributed by atoms with E-state index in [1.165, 1.54) is 24.7 Å². The minimum Gasteiger partial charge on any atom is -0.495 e. The lowest BCUT2D eigenvalue weighted by Gasteiger charge is -2.18. The molecular formula is C9H14O. The molecule has 1 aliphatic carbocycles. The molecule has 1 atom stereocenters. The van der Waals surface area contributed by atoms with Crippen molar-refractivity contribution in [2.45, 2.75) is 32.3 Å². The number of allylic oxidation sites excluding steroid dienone is 1. The molecule has 0 saturated carbocycles. The molecule has 1 aliphatic rings. The topological polar surface area (TPSA) is 9.23 Å². The zero-order valence-corrected chi connectivity index (χ0v) is 6.47. The second kappa shape index (κ2) is 3.45. The van der Waals surface area contributed by atoms with E-state index in [4.69, 9.17) is 4.74 Å². The standard InChI is InChI=1S/C9H14O/c1-3-10-9-6-4-5-8(2)7-9/h3,7,9H,1,4-6H2,2H3. The predicted octanol–water partition coefficient (Wildman–Crippen LogP) is 2.65. The first-order valence-corrected chi connectivity index (χ1v) is 3.76. The van der Waals surface area contributed by atoms with E-state index in [2.05, 4.69) is 19.6 Å². The van der Waals surface area contributed by atoms with E-state index in [0.29, 0.717) is 6.10 Å². The van der Waals surface area contributed by atoms with Crippen molar-refractivity contribution in [1.29, 1.82) is 0 Å². The maximum absolute atomic E-state index is 5.24. The molecule has 1 rings (SSSR count). The minimum atomic E-state index is 0.297. The molecule has 0 aromatic rings. The fourth-order valence-corrected chi connectivity index (χ4v) is 1.30. The van der Waals surface area contributed by atoms with Crippen LogP contribution in [-0.2, 0) is 4.74 Å². The van der Waals surface area contributed by atoms with E-state index in [9.17, 15) is 0 Å². The smallest absolute Gasteiger partial charge is 0.116 e. The maximum Gasteiger partial charge on any atom is 0.116 e. The van der Waals surface area contributed by atoms with Gasteiger partial charge in [0.25, 0.3) is 0 Å². The van der Waals surface area contributed by atoms with Crippen LogP contribution in [0.5, 0.6) is 0 Å². The summed E-state index contributed by atoms with van der Waals surface area (Å²) < 4.78 is 5.24. The van der Waals surface area contributed by atoms with Gasteiger partial charge in [-0.25, -0.2) is 0 Å². The summed E-state index contributed by atoms with van der Waals surface area (Å²) in [6, 6.07) is 0.